The highest BCUT2D eigenvalue weighted by Crippen LogP contribution is 2.20. The van der Waals surface area contributed by atoms with Gasteiger partial charge in [0.25, 0.3) is 5.69 Å². The fourth-order valence-corrected chi connectivity index (χ4v) is 1.29. The van der Waals surface area contributed by atoms with Crippen LogP contribution in [0.5, 0.6) is 0 Å². The van der Waals surface area contributed by atoms with Crippen molar-refractivity contribution in [1.29, 1.82) is 0 Å². The molecule has 0 saturated carbocycles. The Hall–Kier alpha value is -1.46. The lowest BCUT2D eigenvalue weighted by atomic mass is 10.0. The number of rotatable bonds is 3. The molecule has 1 aromatic carbocycles. The second-order valence-corrected chi connectivity index (χ2v) is 3.09. The number of aliphatic hydroxyl groups excluding tert-OH is 1. The molecular formula is C9H12N2O3. The summed E-state index contributed by atoms with van der Waals surface area (Å²) in [4.78, 5) is 9.97. The number of nitro benzene ring substituents is 1. The number of hydrogen-bond donors (Lipinski definition) is 2. The highest BCUT2D eigenvalue weighted by atomic mass is 16.6. The van der Waals surface area contributed by atoms with Gasteiger partial charge >= 0.3 is 0 Å². The van der Waals surface area contributed by atoms with Crippen molar-refractivity contribution >= 4 is 5.69 Å². The summed E-state index contributed by atoms with van der Waals surface area (Å²) in [6.45, 7) is 1.57. The normalized spacial score (nSPS) is 12.5. The number of benzene rings is 1. The van der Waals surface area contributed by atoms with Gasteiger partial charge in [-0.05, 0) is 18.1 Å². The van der Waals surface area contributed by atoms with Gasteiger partial charge in [0.15, 0.2) is 0 Å². The first-order valence-corrected chi connectivity index (χ1v) is 4.17. The minimum absolute atomic E-state index is 0.0383. The maximum Gasteiger partial charge on any atom is 0.269 e. The van der Waals surface area contributed by atoms with Crippen molar-refractivity contribution in [1.82, 2.24) is 0 Å². The van der Waals surface area contributed by atoms with Gasteiger partial charge in [0.05, 0.1) is 17.6 Å². The Labute approximate surface area is 81.3 Å². The van der Waals surface area contributed by atoms with Gasteiger partial charge in [-0.2, -0.15) is 0 Å². The SMILES string of the molecule is Cc1cc([N+](=O)[O-])ccc1[C@H](N)CO. The Morgan fingerprint density at radius 2 is 2.29 bits per heavy atom. The molecule has 0 aliphatic heterocycles. The van der Waals surface area contributed by atoms with Gasteiger partial charge in [0.2, 0.25) is 0 Å². The van der Waals surface area contributed by atoms with Gasteiger partial charge in [-0.1, -0.05) is 6.07 Å². The van der Waals surface area contributed by atoms with Crippen LogP contribution < -0.4 is 5.73 Å². The average Bonchev–Trinajstić information content (AvgIpc) is 2.16. The topological polar surface area (TPSA) is 89.4 Å². The minimum Gasteiger partial charge on any atom is -0.394 e. The fourth-order valence-electron chi connectivity index (χ4n) is 1.29. The minimum atomic E-state index is -0.476. The van der Waals surface area contributed by atoms with E-state index < -0.39 is 11.0 Å². The zero-order valence-electron chi connectivity index (χ0n) is 7.80. The molecule has 0 saturated heterocycles. The summed E-state index contributed by atoms with van der Waals surface area (Å²) < 4.78 is 0. The highest BCUT2D eigenvalue weighted by Gasteiger charge is 2.11. The number of non-ortho nitro benzene ring substituents is 1. The Bertz CT molecular complexity index is 352. The molecule has 1 rings (SSSR count). The van der Waals surface area contributed by atoms with E-state index in [-0.39, 0.29) is 12.3 Å². The molecule has 0 aromatic heterocycles. The summed E-state index contributed by atoms with van der Waals surface area (Å²) >= 11 is 0. The molecule has 5 nitrogen and oxygen atoms in total. The van der Waals surface area contributed by atoms with Crippen molar-refractivity contribution in [3.63, 3.8) is 0 Å². The van der Waals surface area contributed by atoms with Crippen LogP contribution in [-0.4, -0.2) is 16.6 Å². The first-order chi connectivity index (χ1) is 6.56. The molecule has 0 radical (unpaired) electrons. The van der Waals surface area contributed by atoms with E-state index in [0.717, 1.165) is 11.1 Å². The monoisotopic (exact) mass is 196 g/mol. The second-order valence-electron chi connectivity index (χ2n) is 3.09. The van der Waals surface area contributed by atoms with Crippen LogP contribution in [0.25, 0.3) is 0 Å². The standard InChI is InChI=1S/C9H12N2O3/c1-6-4-7(11(13)14)2-3-8(6)9(10)5-12/h2-4,9,12H,5,10H2,1H3/t9-/m1/s1. The number of aliphatic hydroxyl groups is 1. The number of aryl methyl sites for hydroxylation is 1. The maximum atomic E-state index is 10.4. The Morgan fingerprint density at radius 1 is 1.64 bits per heavy atom. The van der Waals surface area contributed by atoms with Crippen molar-refractivity contribution < 1.29 is 10.0 Å². The molecule has 0 amide bonds. The molecule has 0 heterocycles. The van der Waals surface area contributed by atoms with E-state index in [1.807, 2.05) is 0 Å². The lowest BCUT2D eigenvalue weighted by Gasteiger charge is -2.10. The van der Waals surface area contributed by atoms with Crippen molar-refractivity contribution in [3.05, 3.63) is 39.4 Å². The van der Waals surface area contributed by atoms with E-state index in [1.165, 1.54) is 12.1 Å². The smallest absolute Gasteiger partial charge is 0.269 e. The van der Waals surface area contributed by atoms with Gasteiger partial charge in [-0.25, -0.2) is 0 Å². The van der Waals surface area contributed by atoms with Crippen molar-refractivity contribution in [2.45, 2.75) is 13.0 Å². The van der Waals surface area contributed by atoms with Gasteiger partial charge in [0.1, 0.15) is 0 Å². The van der Waals surface area contributed by atoms with Gasteiger partial charge in [0, 0.05) is 12.1 Å². The molecule has 76 valence electrons. The molecule has 1 atom stereocenters. The number of nitrogens with zero attached hydrogens (tertiary/aromatic N) is 1. The van der Waals surface area contributed by atoms with E-state index >= 15 is 0 Å². The molecule has 0 unspecified atom stereocenters. The molecule has 5 heteroatoms. The van der Waals surface area contributed by atoms with Gasteiger partial charge < -0.3 is 10.8 Å². The van der Waals surface area contributed by atoms with Crippen LogP contribution in [0.4, 0.5) is 5.69 Å². The van der Waals surface area contributed by atoms with E-state index in [1.54, 1.807) is 13.0 Å². The number of hydrogen-bond acceptors (Lipinski definition) is 4. The molecule has 0 aliphatic carbocycles. The summed E-state index contributed by atoms with van der Waals surface area (Å²) in [7, 11) is 0. The zero-order chi connectivity index (χ0) is 10.7. The predicted octanol–water partition coefficient (Wildman–Crippen LogP) is 0.895. The third-order valence-electron chi connectivity index (χ3n) is 2.06. The van der Waals surface area contributed by atoms with Crippen LogP contribution in [0, 0.1) is 17.0 Å². The lowest BCUT2D eigenvalue weighted by molar-refractivity contribution is -0.384. The molecule has 0 fully saturated rings. The predicted molar refractivity (Wildman–Crippen MR) is 51.8 cm³/mol. The molecule has 14 heavy (non-hydrogen) atoms. The molecular weight excluding hydrogens is 184 g/mol. The van der Waals surface area contributed by atoms with E-state index in [0.29, 0.717) is 0 Å². The fraction of sp³-hybridized carbons (Fsp3) is 0.333. The number of nitro groups is 1. The average molecular weight is 196 g/mol. The van der Waals surface area contributed by atoms with Crippen LogP contribution in [0.2, 0.25) is 0 Å². The molecule has 0 spiro atoms. The zero-order valence-corrected chi connectivity index (χ0v) is 7.80. The highest BCUT2D eigenvalue weighted by molar-refractivity contribution is 5.40. The third-order valence-corrected chi connectivity index (χ3v) is 2.06. The molecule has 0 bridgehead atoms. The maximum absolute atomic E-state index is 10.4. The van der Waals surface area contributed by atoms with Crippen molar-refractivity contribution in [3.8, 4) is 0 Å². The molecule has 3 N–H and O–H groups in total. The summed E-state index contributed by atoms with van der Waals surface area (Å²) in [5.41, 5.74) is 7.10. The largest absolute Gasteiger partial charge is 0.394 e. The Kier molecular flexibility index (Phi) is 3.16. The number of nitrogens with two attached hydrogens (primary N) is 1. The van der Waals surface area contributed by atoms with Crippen molar-refractivity contribution in [2.24, 2.45) is 5.73 Å². The quantitative estimate of drug-likeness (QED) is 0.555. The first kappa shape index (κ1) is 10.6. The molecule has 0 aliphatic rings. The van der Waals surface area contributed by atoms with Crippen molar-refractivity contribution in [2.75, 3.05) is 6.61 Å². The van der Waals surface area contributed by atoms with Crippen LogP contribution in [-0.2, 0) is 0 Å². The summed E-state index contributed by atoms with van der Waals surface area (Å²) in [6, 6.07) is 3.94. The Morgan fingerprint density at radius 3 is 2.71 bits per heavy atom. The first-order valence-electron chi connectivity index (χ1n) is 4.17. The molecule has 1 aromatic rings. The lowest BCUT2D eigenvalue weighted by Crippen LogP contribution is -2.15. The Balaban J connectivity index is 3.07. The van der Waals surface area contributed by atoms with Gasteiger partial charge in [-0.15, -0.1) is 0 Å². The second kappa shape index (κ2) is 4.17. The van der Waals surface area contributed by atoms with Crippen LogP contribution in [0.3, 0.4) is 0 Å². The summed E-state index contributed by atoms with van der Waals surface area (Å²) in [6.07, 6.45) is 0. The van der Waals surface area contributed by atoms with Crippen LogP contribution in [0.1, 0.15) is 17.2 Å². The van der Waals surface area contributed by atoms with Gasteiger partial charge in [-0.3, -0.25) is 10.1 Å². The van der Waals surface area contributed by atoms with E-state index in [2.05, 4.69) is 0 Å². The third kappa shape index (κ3) is 2.07. The van der Waals surface area contributed by atoms with E-state index in [4.69, 9.17) is 10.8 Å². The van der Waals surface area contributed by atoms with Crippen LogP contribution in [0.15, 0.2) is 18.2 Å². The summed E-state index contributed by atoms with van der Waals surface area (Å²) in [5.74, 6) is 0. The van der Waals surface area contributed by atoms with Crippen LogP contribution >= 0.6 is 0 Å². The summed E-state index contributed by atoms with van der Waals surface area (Å²) in [5, 5.41) is 19.3. The van der Waals surface area contributed by atoms with E-state index in [9.17, 15) is 10.1 Å².